The van der Waals surface area contributed by atoms with Crippen LogP contribution in [0.2, 0.25) is 0 Å². The van der Waals surface area contributed by atoms with Gasteiger partial charge in [0, 0.05) is 47.0 Å². The second kappa shape index (κ2) is 8.15. The topological polar surface area (TPSA) is 75.9 Å². The number of morpholine rings is 1. The predicted molar refractivity (Wildman–Crippen MR) is 104 cm³/mol. The van der Waals surface area contributed by atoms with E-state index in [-0.39, 0.29) is 11.6 Å². The molecule has 1 saturated heterocycles. The van der Waals surface area contributed by atoms with E-state index < -0.39 is 4.92 Å². The third-order valence-electron chi connectivity index (χ3n) is 4.13. The molecule has 0 saturated carbocycles. The Hall–Kier alpha value is -1.97. The Morgan fingerprint density at radius 3 is 2.73 bits per heavy atom. The van der Waals surface area contributed by atoms with Crippen LogP contribution in [0.3, 0.4) is 0 Å². The number of non-ortho nitro benzene ring substituents is 1. The lowest BCUT2D eigenvalue weighted by molar-refractivity contribution is -0.384. The summed E-state index contributed by atoms with van der Waals surface area (Å²) in [5.74, 6) is -0.236. The Labute approximate surface area is 163 Å². The molecule has 1 aromatic heterocycles. The Morgan fingerprint density at radius 1 is 1.38 bits per heavy atom. The second-order valence-corrected chi connectivity index (χ2v) is 7.86. The molecular formula is C17H18BrN3O4S. The fourth-order valence-electron chi connectivity index (χ4n) is 2.84. The molecule has 2 aromatic rings. The van der Waals surface area contributed by atoms with Crippen molar-refractivity contribution >= 4 is 44.5 Å². The van der Waals surface area contributed by atoms with E-state index in [9.17, 15) is 14.9 Å². The number of carbonyl (C=O) groups is 1. The Morgan fingerprint density at radius 2 is 2.12 bits per heavy atom. The van der Waals surface area contributed by atoms with Crippen molar-refractivity contribution in [2.45, 2.75) is 6.54 Å². The zero-order valence-electron chi connectivity index (χ0n) is 14.2. The highest BCUT2D eigenvalue weighted by Crippen LogP contribution is 2.28. The number of halogens is 1. The molecule has 1 amide bonds. The van der Waals surface area contributed by atoms with E-state index in [1.807, 2.05) is 16.3 Å². The number of hydrogen-bond donors (Lipinski definition) is 0. The molecule has 0 radical (unpaired) electrons. The number of nitrogens with zero attached hydrogens (tertiary/aromatic N) is 3. The van der Waals surface area contributed by atoms with Crippen LogP contribution in [0.5, 0.6) is 0 Å². The minimum absolute atomic E-state index is 0.0855. The maximum absolute atomic E-state index is 13.0. The number of anilines is 1. The lowest BCUT2D eigenvalue weighted by Crippen LogP contribution is -2.38. The molecule has 1 aliphatic heterocycles. The maximum atomic E-state index is 13.0. The van der Waals surface area contributed by atoms with Crippen molar-refractivity contribution in [1.29, 1.82) is 0 Å². The van der Waals surface area contributed by atoms with Gasteiger partial charge in [-0.25, -0.2) is 0 Å². The summed E-state index contributed by atoms with van der Waals surface area (Å²) in [6, 6.07) is 6.43. The zero-order valence-corrected chi connectivity index (χ0v) is 16.6. The SMILES string of the molecule is CN(Cc1cc(Br)cs1)C(=O)c1cc([N+](=O)[O-])ccc1N1CCOCC1. The van der Waals surface area contributed by atoms with Crippen LogP contribution in [-0.4, -0.2) is 49.1 Å². The van der Waals surface area contributed by atoms with Gasteiger partial charge in [-0.15, -0.1) is 11.3 Å². The van der Waals surface area contributed by atoms with Gasteiger partial charge in [0.1, 0.15) is 0 Å². The molecule has 9 heteroatoms. The summed E-state index contributed by atoms with van der Waals surface area (Å²) < 4.78 is 6.34. The summed E-state index contributed by atoms with van der Waals surface area (Å²) in [7, 11) is 1.71. The fourth-order valence-corrected chi connectivity index (χ4v) is 4.34. The minimum atomic E-state index is -0.476. The highest BCUT2D eigenvalue weighted by atomic mass is 79.9. The molecule has 0 aliphatic carbocycles. The van der Waals surface area contributed by atoms with E-state index >= 15 is 0 Å². The van der Waals surface area contributed by atoms with Gasteiger partial charge in [-0.05, 0) is 28.1 Å². The van der Waals surface area contributed by atoms with E-state index in [1.165, 1.54) is 12.1 Å². The number of benzene rings is 1. The summed E-state index contributed by atoms with van der Waals surface area (Å²) in [5.41, 5.74) is 0.972. The van der Waals surface area contributed by atoms with E-state index in [2.05, 4.69) is 15.9 Å². The minimum Gasteiger partial charge on any atom is -0.378 e. The number of nitro benzene ring substituents is 1. The number of carbonyl (C=O) groups excluding carboxylic acids is 1. The van der Waals surface area contributed by atoms with Gasteiger partial charge in [-0.1, -0.05) is 0 Å². The smallest absolute Gasteiger partial charge is 0.270 e. The number of nitro groups is 1. The van der Waals surface area contributed by atoms with Gasteiger partial charge in [0.2, 0.25) is 0 Å². The quantitative estimate of drug-likeness (QED) is 0.525. The van der Waals surface area contributed by atoms with Crippen molar-refractivity contribution in [3.8, 4) is 0 Å². The largest absolute Gasteiger partial charge is 0.378 e. The first-order chi connectivity index (χ1) is 12.5. The summed E-state index contributed by atoms with van der Waals surface area (Å²) in [4.78, 5) is 28.4. The van der Waals surface area contributed by atoms with Gasteiger partial charge in [-0.2, -0.15) is 0 Å². The predicted octanol–water partition coefficient (Wildman–Crippen LogP) is 3.53. The third-order valence-corrected chi connectivity index (χ3v) is 5.82. The van der Waals surface area contributed by atoms with Crippen molar-refractivity contribution in [3.05, 3.63) is 54.7 Å². The first kappa shape index (κ1) is 18.8. The second-order valence-electron chi connectivity index (χ2n) is 5.95. The van der Waals surface area contributed by atoms with Gasteiger partial charge >= 0.3 is 0 Å². The lowest BCUT2D eigenvalue weighted by Gasteiger charge is -2.31. The van der Waals surface area contributed by atoms with Crippen LogP contribution in [0, 0.1) is 10.1 Å². The molecule has 7 nitrogen and oxygen atoms in total. The van der Waals surface area contributed by atoms with E-state index in [0.29, 0.717) is 44.1 Å². The van der Waals surface area contributed by atoms with Crippen LogP contribution in [-0.2, 0) is 11.3 Å². The average molecular weight is 440 g/mol. The molecule has 1 fully saturated rings. The molecule has 1 aliphatic rings. The number of ether oxygens (including phenoxy) is 1. The summed E-state index contributed by atoms with van der Waals surface area (Å²) in [6.07, 6.45) is 0. The summed E-state index contributed by atoms with van der Waals surface area (Å²) in [6.45, 7) is 2.90. The molecular weight excluding hydrogens is 422 g/mol. The molecule has 3 rings (SSSR count). The van der Waals surface area contributed by atoms with E-state index in [0.717, 1.165) is 9.35 Å². The number of thiophene rings is 1. The molecule has 2 heterocycles. The van der Waals surface area contributed by atoms with E-state index in [1.54, 1.807) is 29.4 Å². The van der Waals surface area contributed by atoms with Gasteiger partial charge < -0.3 is 14.5 Å². The standard InChI is InChI=1S/C17H18BrN3O4S/c1-19(10-14-8-12(18)11-26-14)17(22)15-9-13(21(23)24)2-3-16(15)20-4-6-25-7-5-20/h2-3,8-9,11H,4-7,10H2,1H3. The van der Waals surface area contributed by atoms with Crippen LogP contribution in [0.4, 0.5) is 11.4 Å². The number of rotatable bonds is 5. The monoisotopic (exact) mass is 439 g/mol. The van der Waals surface area contributed by atoms with Crippen LogP contribution in [0.15, 0.2) is 34.1 Å². The molecule has 138 valence electrons. The Balaban J connectivity index is 1.90. The normalized spacial score (nSPS) is 14.3. The zero-order chi connectivity index (χ0) is 18.7. The van der Waals surface area contributed by atoms with Gasteiger partial charge in [0.15, 0.2) is 0 Å². The number of amides is 1. The van der Waals surface area contributed by atoms with E-state index in [4.69, 9.17) is 4.74 Å². The molecule has 0 atom stereocenters. The average Bonchev–Trinajstić information content (AvgIpc) is 3.06. The first-order valence-electron chi connectivity index (χ1n) is 8.05. The summed E-state index contributed by atoms with van der Waals surface area (Å²) >= 11 is 4.96. The molecule has 0 bridgehead atoms. The van der Waals surface area contributed by atoms with Crippen LogP contribution < -0.4 is 4.90 Å². The van der Waals surface area contributed by atoms with Gasteiger partial charge in [-0.3, -0.25) is 14.9 Å². The van der Waals surface area contributed by atoms with Crippen molar-refractivity contribution in [1.82, 2.24) is 4.90 Å². The molecule has 1 aromatic carbocycles. The van der Waals surface area contributed by atoms with Crippen LogP contribution in [0.25, 0.3) is 0 Å². The third kappa shape index (κ3) is 4.22. The van der Waals surface area contributed by atoms with Crippen molar-refractivity contribution < 1.29 is 14.5 Å². The van der Waals surface area contributed by atoms with Crippen molar-refractivity contribution in [3.63, 3.8) is 0 Å². The van der Waals surface area contributed by atoms with Gasteiger partial charge in [0.05, 0.1) is 35.9 Å². The maximum Gasteiger partial charge on any atom is 0.270 e. The first-order valence-corrected chi connectivity index (χ1v) is 9.72. The molecule has 26 heavy (non-hydrogen) atoms. The number of hydrogen-bond acceptors (Lipinski definition) is 6. The fraction of sp³-hybridized carbons (Fsp3) is 0.353. The Bertz CT molecular complexity index is 820. The highest BCUT2D eigenvalue weighted by Gasteiger charge is 2.24. The van der Waals surface area contributed by atoms with Gasteiger partial charge in [0.25, 0.3) is 11.6 Å². The lowest BCUT2D eigenvalue weighted by atomic mass is 10.1. The molecule has 0 spiro atoms. The molecule has 0 unspecified atom stereocenters. The highest BCUT2D eigenvalue weighted by molar-refractivity contribution is 9.10. The Kier molecular flexibility index (Phi) is 5.90. The van der Waals surface area contributed by atoms with Crippen LogP contribution >= 0.6 is 27.3 Å². The molecule has 0 N–H and O–H groups in total. The van der Waals surface area contributed by atoms with Crippen molar-refractivity contribution in [2.24, 2.45) is 0 Å². The summed E-state index contributed by atoms with van der Waals surface area (Å²) in [5, 5.41) is 13.1. The van der Waals surface area contributed by atoms with Crippen LogP contribution in [0.1, 0.15) is 15.2 Å². The van der Waals surface area contributed by atoms with Crippen molar-refractivity contribution in [2.75, 3.05) is 38.3 Å².